The minimum atomic E-state index is -0.811. The van der Waals surface area contributed by atoms with Gasteiger partial charge in [0.2, 0.25) is 0 Å². The van der Waals surface area contributed by atoms with E-state index in [9.17, 15) is 14.0 Å². The Labute approximate surface area is 214 Å². The molecule has 5 rings (SSSR count). The first kappa shape index (κ1) is 24.6. The molecule has 4 aromatic rings. The monoisotopic (exact) mass is 497 g/mol. The highest BCUT2D eigenvalue weighted by atomic mass is 19.1. The fraction of sp³-hybridized carbons (Fsp3) is 0.267. The molecule has 37 heavy (non-hydrogen) atoms. The van der Waals surface area contributed by atoms with Crippen LogP contribution in [0.3, 0.4) is 0 Å². The normalized spacial score (nSPS) is 14.4. The van der Waals surface area contributed by atoms with Crippen LogP contribution < -0.4 is 0 Å². The average Bonchev–Trinajstić information content (AvgIpc) is 2.86. The van der Waals surface area contributed by atoms with E-state index < -0.39 is 5.97 Å². The molecule has 1 N–H and O–H groups in total. The van der Waals surface area contributed by atoms with E-state index in [0.717, 1.165) is 22.5 Å². The van der Waals surface area contributed by atoms with E-state index in [1.807, 2.05) is 49.4 Å². The largest absolute Gasteiger partial charge is 0.481 e. The summed E-state index contributed by atoms with van der Waals surface area (Å²) in [6.07, 6.45) is 1.36. The third-order valence-corrected chi connectivity index (χ3v) is 6.92. The second-order valence-electron chi connectivity index (χ2n) is 9.79. The second kappa shape index (κ2) is 10.5. The SMILES string of the molecule is CC(CCc1nc2cc(C(=O)N3CC(c4cccc(F)c4)C3)ccc2nc1-c1ccccc1)CC(=O)O. The Hall–Kier alpha value is -4.13. The minimum absolute atomic E-state index is 0.00369. The van der Waals surface area contributed by atoms with Gasteiger partial charge in [0.1, 0.15) is 5.82 Å². The lowest BCUT2D eigenvalue weighted by Crippen LogP contribution is -2.48. The van der Waals surface area contributed by atoms with E-state index in [2.05, 4.69) is 0 Å². The highest BCUT2D eigenvalue weighted by molar-refractivity contribution is 5.98. The molecule has 7 heteroatoms. The Balaban J connectivity index is 1.39. The number of benzene rings is 3. The van der Waals surface area contributed by atoms with Crippen molar-refractivity contribution in [3.63, 3.8) is 0 Å². The topological polar surface area (TPSA) is 83.4 Å². The van der Waals surface area contributed by atoms with E-state index in [0.29, 0.717) is 42.5 Å². The fourth-order valence-corrected chi connectivity index (χ4v) is 4.81. The molecule has 1 aliphatic rings. The number of carboxylic acid groups (broad SMARTS) is 1. The van der Waals surface area contributed by atoms with Crippen LogP contribution in [0.1, 0.15) is 47.3 Å². The Bertz CT molecular complexity index is 1450. The maximum atomic E-state index is 13.6. The van der Waals surface area contributed by atoms with Gasteiger partial charge in [-0.25, -0.2) is 14.4 Å². The van der Waals surface area contributed by atoms with Gasteiger partial charge in [-0.2, -0.15) is 0 Å². The first-order valence-electron chi connectivity index (χ1n) is 12.5. The molecule has 3 aromatic carbocycles. The van der Waals surface area contributed by atoms with Gasteiger partial charge >= 0.3 is 5.97 Å². The maximum Gasteiger partial charge on any atom is 0.303 e. The number of aromatic nitrogens is 2. The molecule has 1 atom stereocenters. The van der Waals surface area contributed by atoms with Crippen LogP contribution in [0.5, 0.6) is 0 Å². The number of hydrogen-bond acceptors (Lipinski definition) is 4. The number of aliphatic carboxylic acids is 1. The number of amides is 1. The lowest BCUT2D eigenvalue weighted by atomic mass is 9.91. The Morgan fingerprint density at radius 2 is 1.78 bits per heavy atom. The number of carbonyl (C=O) groups is 2. The maximum absolute atomic E-state index is 13.6. The highest BCUT2D eigenvalue weighted by Crippen LogP contribution is 2.30. The number of carboxylic acids is 1. The van der Waals surface area contributed by atoms with Crippen molar-refractivity contribution in [2.24, 2.45) is 5.92 Å². The molecule has 1 amide bonds. The van der Waals surface area contributed by atoms with Crippen molar-refractivity contribution in [1.29, 1.82) is 0 Å². The van der Waals surface area contributed by atoms with Crippen molar-refractivity contribution >= 4 is 22.9 Å². The molecule has 0 bridgehead atoms. The summed E-state index contributed by atoms with van der Waals surface area (Å²) in [4.78, 5) is 35.8. The van der Waals surface area contributed by atoms with Crippen LogP contribution in [0.4, 0.5) is 4.39 Å². The minimum Gasteiger partial charge on any atom is -0.481 e. The molecule has 1 aliphatic heterocycles. The summed E-state index contributed by atoms with van der Waals surface area (Å²) in [7, 11) is 0. The molecule has 1 aromatic heterocycles. The van der Waals surface area contributed by atoms with Crippen LogP contribution in [-0.4, -0.2) is 44.9 Å². The van der Waals surface area contributed by atoms with Crippen LogP contribution >= 0.6 is 0 Å². The van der Waals surface area contributed by atoms with Crippen molar-refractivity contribution in [1.82, 2.24) is 14.9 Å². The molecule has 188 valence electrons. The molecular formula is C30H28FN3O3. The molecule has 1 saturated heterocycles. The number of nitrogens with zero attached hydrogens (tertiary/aromatic N) is 3. The van der Waals surface area contributed by atoms with Crippen molar-refractivity contribution in [3.8, 4) is 11.3 Å². The number of aryl methyl sites for hydroxylation is 1. The molecule has 0 saturated carbocycles. The standard InChI is InChI=1S/C30H28FN3O3/c1-19(14-28(35)36)10-12-26-29(20-6-3-2-4-7-20)33-25-13-11-22(16-27(25)32-26)30(37)34-17-23(18-34)21-8-5-9-24(31)15-21/h2-9,11,13,15-16,19,23H,10,12,14,17-18H2,1H3,(H,35,36). The summed E-state index contributed by atoms with van der Waals surface area (Å²) < 4.78 is 13.6. The van der Waals surface area contributed by atoms with Gasteiger partial charge in [-0.3, -0.25) is 9.59 Å². The molecule has 6 nitrogen and oxygen atoms in total. The first-order chi connectivity index (χ1) is 17.9. The Morgan fingerprint density at radius 1 is 1.00 bits per heavy atom. The van der Waals surface area contributed by atoms with Crippen molar-refractivity contribution in [3.05, 3.63) is 95.4 Å². The van der Waals surface area contributed by atoms with Crippen LogP contribution in [0.2, 0.25) is 0 Å². The summed E-state index contributed by atoms with van der Waals surface area (Å²) in [6, 6.07) is 21.7. The molecule has 0 radical (unpaired) electrons. The van der Waals surface area contributed by atoms with Crippen LogP contribution in [0, 0.1) is 11.7 Å². The van der Waals surface area contributed by atoms with Crippen molar-refractivity contribution < 1.29 is 19.1 Å². The number of fused-ring (bicyclic) bond motifs is 1. The quantitative estimate of drug-likeness (QED) is 0.337. The molecule has 1 fully saturated rings. The van der Waals surface area contributed by atoms with Crippen LogP contribution in [0.15, 0.2) is 72.8 Å². The van der Waals surface area contributed by atoms with Gasteiger partial charge in [0.25, 0.3) is 5.91 Å². The van der Waals surface area contributed by atoms with Gasteiger partial charge in [-0.1, -0.05) is 49.4 Å². The van der Waals surface area contributed by atoms with E-state index in [1.54, 1.807) is 23.1 Å². The zero-order chi connectivity index (χ0) is 25.9. The number of halogens is 1. The number of likely N-dealkylation sites (tertiary alicyclic amines) is 1. The van der Waals surface area contributed by atoms with Gasteiger partial charge in [0.05, 0.1) is 22.4 Å². The lowest BCUT2D eigenvalue weighted by molar-refractivity contribution is -0.138. The summed E-state index contributed by atoms with van der Waals surface area (Å²) in [5.41, 5.74) is 5.28. The van der Waals surface area contributed by atoms with E-state index in [4.69, 9.17) is 15.1 Å². The van der Waals surface area contributed by atoms with Gasteiger partial charge < -0.3 is 10.0 Å². The molecule has 0 aliphatic carbocycles. The number of carbonyl (C=O) groups excluding carboxylic acids is 1. The Kier molecular flexibility index (Phi) is 6.95. The predicted molar refractivity (Wildman–Crippen MR) is 140 cm³/mol. The molecule has 0 spiro atoms. The third kappa shape index (κ3) is 5.50. The van der Waals surface area contributed by atoms with Crippen LogP contribution in [-0.2, 0) is 11.2 Å². The van der Waals surface area contributed by atoms with E-state index in [-0.39, 0.29) is 30.0 Å². The fourth-order valence-electron chi connectivity index (χ4n) is 4.81. The highest BCUT2D eigenvalue weighted by Gasteiger charge is 2.32. The van der Waals surface area contributed by atoms with E-state index >= 15 is 0 Å². The smallest absolute Gasteiger partial charge is 0.303 e. The zero-order valence-corrected chi connectivity index (χ0v) is 20.6. The predicted octanol–water partition coefficient (Wildman–Crippen LogP) is 5.72. The molecular weight excluding hydrogens is 469 g/mol. The van der Waals surface area contributed by atoms with Gasteiger partial charge in [0.15, 0.2) is 0 Å². The lowest BCUT2D eigenvalue weighted by Gasteiger charge is -2.39. The summed E-state index contributed by atoms with van der Waals surface area (Å²) >= 11 is 0. The van der Waals surface area contributed by atoms with Crippen molar-refractivity contribution in [2.45, 2.75) is 32.1 Å². The zero-order valence-electron chi connectivity index (χ0n) is 20.6. The van der Waals surface area contributed by atoms with Gasteiger partial charge in [-0.05, 0) is 54.7 Å². The number of rotatable bonds is 8. The van der Waals surface area contributed by atoms with E-state index in [1.165, 1.54) is 12.1 Å². The van der Waals surface area contributed by atoms with Crippen LogP contribution in [0.25, 0.3) is 22.3 Å². The summed E-state index contributed by atoms with van der Waals surface area (Å²) in [5, 5.41) is 9.12. The summed E-state index contributed by atoms with van der Waals surface area (Å²) in [5.74, 6) is -1.02. The Morgan fingerprint density at radius 3 is 2.51 bits per heavy atom. The summed E-state index contributed by atoms with van der Waals surface area (Å²) in [6.45, 7) is 3.02. The third-order valence-electron chi connectivity index (χ3n) is 6.92. The van der Waals surface area contributed by atoms with Crippen molar-refractivity contribution in [2.75, 3.05) is 13.1 Å². The number of hydrogen-bond donors (Lipinski definition) is 1. The van der Waals surface area contributed by atoms with Gasteiger partial charge in [0, 0.05) is 36.6 Å². The molecule has 1 unspecified atom stereocenters. The van der Waals surface area contributed by atoms with Gasteiger partial charge in [-0.15, -0.1) is 0 Å². The molecule has 2 heterocycles. The first-order valence-corrected chi connectivity index (χ1v) is 12.5. The average molecular weight is 498 g/mol. The second-order valence-corrected chi connectivity index (χ2v) is 9.79.